The Morgan fingerprint density at radius 1 is 1.06 bits per heavy atom. The highest BCUT2D eigenvalue weighted by Crippen LogP contribution is 2.34. The predicted molar refractivity (Wildman–Crippen MR) is 131 cm³/mol. The van der Waals surface area contributed by atoms with Crippen molar-refractivity contribution in [1.82, 2.24) is 5.32 Å². The van der Waals surface area contributed by atoms with Crippen molar-refractivity contribution in [3.8, 4) is 11.5 Å². The number of hydrogen-bond donors (Lipinski definition) is 1. The molecule has 1 heterocycles. The van der Waals surface area contributed by atoms with Gasteiger partial charge in [-0.25, -0.2) is 0 Å². The van der Waals surface area contributed by atoms with Crippen LogP contribution in [0.2, 0.25) is 0 Å². The first kappa shape index (κ1) is 21.8. The number of methoxy groups -OCH3 is 1. The molecule has 160 valence electrons. The van der Waals surface area contributed by atoms with E-state index in [2.05, 4.69) is 51.6 Å². The highest BCUT2D eigenvalue weighted by molar-refractivity contribution is 9.10. The zero-order valence-corrected chi connectivity index (χ0v) is 19.8. The normalized spacial score (nSPS) is 13.3. The molecular formula is C25H25BrN2O2S. The Kier molecular flexibility index (Phi) is 7.54. The lowest BCUT2D eigenvalue weighted by Gasteiger charge is -2.19. The Labute approximate surface area is 196 Å². The first-order chi connectivity index (χ1) is 15.2. The lowest BCUT2D eigenvalue weighted by atomic mass is 10.1. The van der Waals surface area contributed by atoms with E-state index in [9.17, 15) is 0 Å². The van der Waals surface area contributed by atoms with Gasteiger partial charge in [-0.05, 0) is 48.4 Å². The van der Waals surface area contributed by atoms with Crippen molar-refractivity contribution in [2.45, 2.75) is 23.7 Å². The molecule has 0 amide bonds. The van der Waals surface area contributed by atoms with E-state index in [-0.39, 0.29) is 0 Å². The first-order valence-corrected chi connectivity index (χ1v) is 12.1. The van der Waals surface area contributed by atoms with Gasteiger partial charge in [0.2, 0.25) is 0 Å². The zero-order chi connectivity index (χ0) is 21.5. The number of halogens is 1. The summed E-state index contributed by atoms with van der Waals surface area (Å²) in [6.07, 6.45) is 1.07. The van der Waals surface area contributed by atoms with Crippen LogP contribution in [-0.4, -0.2) is 26.0 Å². The smallest absolute Gasteiger partial charge is 0.129 e. The van der Waals surface area contributed by atoms with Crippen LogP contribution in [0.25, 0.3) is 0 Å². The van der Waals surface area contributed by atoms with Crippen molar-refractivity contribution >= 4 is 33.5 Å². The third-order valence-electron chi connectivity index (χ3n) is 4.98. The van der Waals surface area contributed by atoms with Crippen molar-refractivity contribution in [3.63, 3.8) is 0 Å². The van der Waals surface area contributed by atoms with Gasteiger partial charge in [-0.2, -0.15) is 0 Å². The van der Waals surface area contributed by atoms with Crippen LogP contribution >= 0.6 is 27.7 Å². The van der Waals surface area contributed by atoms with Crippen molar-refractivity contribution in [1.29, 1.82) is 0 Å². The molecule has 0 saturated carbocycles. The van der Waals surface area contributed by atoms with Crippen LogP contribution in [0.15, 0.2) is 81.1 Å². The molecule has 0 radical (unpaired) electrons. The molecule has 3 aromatic rings. The summed E-state index contributed by atoms with van der Waals surface area (Å²) in [6, 6.07) is 22.6. The molecule has 0 fully saturated rings. The van der Waals surface area contributed by atoms with E-state index in [1.807, 2.05) is 36.4 Å². The van der Waals surface area contributed by atoms with E-state index in [1.165, 1.54) is 0 Å². The number of thioether (sulfide) groups is 1. The van der Waals surface area contributed by atoms with Gasteiger partial charge in [-0.15, -0.1) is 11.8 Å². The number of hydrogen-bond acceptors (Lipinski definition) is 5. The Bertz CT molecular complexity index is 1060. The van der Waals surface area contributed by atoms with Gasteiger partial charge in [0.05, 0.1) is 7.11 Å². The maximum absolute atomic E-state index is 6.09. The SMILES string of the molecule is COc1ccc(Br)cc1CSc1cc(OCc2ccccc2)ccc1C1=NCCCN1. The molecule has 0 aromatic heterocycles. The summed E-state index contributed by atoms with van der Waals surface area (Å²) in [6.45, 7) is 2.36. The fraction of sp³-hybridized carbons (Fsp3) is 0.240. The fourth-order valence-electron chi connectivity index (χ4n) is 3.38. The molecule has 6 heteroatoms. The molecule has 3 aromatic carbocycles. The number of benzene rings is 3. The number of rotatable bonds is 8. The predicted octanol–water partition coefficient (Wildman–Crippen LogP) is 6.07. The van der Waals surface area contributed by atoms with E-state index in [0.29, 0.717) is 6.61 Å². The molecule has 31 heavy (non-hydrogen) atoms. The number of amidine groups is 1. The van der Waals surface area contributed by atoms with Crippen LogP contribution in [0.3, 0.4) is 0 Å². The van der Waals surface area contributed by atoms with Crippen LogP contribution < -0.4 is 14.8 Å². The number of ether oxygens (including phenoxy) is 2. The minimum atomic E-state index is 0.545. The molecule has 1 aliphatic rings. The minimum Gasteiger partial charge on any atom is -0.496 e. The van der Waals surface area contributed by atoms with E-state index in [1.54, 1.807) is 18.9 Å². The Morgan fingerprint density at radius 3 is 2.71 bits per heavy atom. The fourth-order valence-corrected chi connectivity index (χ4v) is 4.84. The molecule has 4 rings (SSSR count). The van der Waals surface area contributed by atoms with Gasteiger partial charge >= 0.3 is 0 Å². The number of nitrogens with zero attached hydrogens (tertiary/aromatic N) is 1. The van der Waals surface area contributed by atoms with Gasteiger partial charge in [-0.3, -0.25) is 4.99 Å². The lowest BCUT2D eigenvalue weighted by Crippen LogP contribution is -2.30. The Morgan fingerprint density at radius 2 is 1.94 bits per heavy atom. The van der Waals surface area contributed by atoms with Crippen LogP contribution in [0.4, 0.5) is 0 Å². The molecule has 4 nitrogen and oxygen atoms in total. The average molecular weight is 497 g/mol. The van der Waals surface area contributed by atoms with Gasteiger partial charge < -0.3 is 14.8 Å². The van der Waals surface area contributed by atoms with Crippen LogP contribution in [0.1, 0.15) is 23.1 Å². The molecule has 0 unspecified atom stereocenters. The minimum absolute atomic E-state index is 0.545. The van der Waals surface area contributed by atoms with Gasteiger partial charge in [0.15, 0.2) is 0 Å². The summed E-state index contributed by atoms with van der Waals surface area (Å²) < 4.78 is 12.7. The molecule has 0 saturated heterocycles. The quantitative estimate of drug-likeness (QED) is 0.384. The van der Waals surface area contributed by atoms with Crippen LogP contribution in [0, 0.1) is 0 Å². The maximum atomic E-state index is 6.09. The molecule has 0 atom stereocenters. The third-order valence-corrected chi connectivity index (χ3v) is 6.58. The van der Waals surface area contributed by atoms with Gasteiger partial charge in [0.1, 0.15) is 23.9 Å². The van der Waals surface area contributed by atoms with Gasteiger partial charge in [0.25, 0.3) is 0 Å². The van der Waals surface area contributed by atoms with E-state index < -0.39 is 0 Å². The maximum Gasteiger partial charge on any atom is 0.129 e. The molecule has 1 aliphatic heterocycles. The summed E-state index contributed by atoms with van der Waals surface area (Å²) >= 11 is 5.34. The number of nitrogens with one attached hydrogen (secondary N) is 1. The van der Waals surface area contributed by atoms with Crippen molar-refractivity contribution in [2.75, 3.05) is 20.2 Å². The highest BCUT2D eigenvalue weighted by atomic mass is 79.9. The second-order valence-electron chi connectivity index (χ2n) is 7.19. The zero-order valence-electron chi connectivity index (χ0n) is 17.4. The van der Waals surface area contributed by atoms with Crippen LogP contribution in [-0.2, 0) is 12.4 Å². The first-order valence-electron chi connectivity index (χ1n) is 10.3. The van der Waals surface area contributed by atoms with Gasteiger partial charge in [-0.1, -0.05) is 46.3 Å². The second-order valence-corrected chi connectivity index (χ2v) is 9.12. The second kappa shape index (κ2) is 10.7. The van der Waals surface area contributed by atoms with E-state index in [0.717, 1.165) is 68.7 Å². The van der Waals surface area contributed by atoms with E-state index in [4.69, 9.17) is 14.5 Å². The van der Waals surface area contributed by atoms with Crippen molar-refractivity contribution in [2.24, 2.45) is 4.99 Å². The highest BCUT2D eigenvalue weighted by Gasteiger charge is 2.15. The Balaban J connectivity index is 1.57. The molecule has 1 N–H and O–H groups in total. The Hall–Kier alpha value is -2.44. The standard InChI is InChI=1S/C25H25BrN2O2S/c1-29-23-11-8-20(26)14-19(23)17-31-24-15-21(30-16-18-6-3-2-4-7-18)9-10-22(24)25-27-12-5-13-28-25/h2-4,6-11,14-15H,5,12-13,16-17H2,1H3,(H,27,28). The van der Waals surface area contributed by atoms with Gasteiger partial charge in [0, 0.05) is 39.3 Å². The molecule has 0 bridgehead atoms. The lowest BCUT2D eigenvalue weighted by molar-refractivity contribution is 0.305. The summed E-state index contributed by atoms with van der Waals surface area (Å²) in [7, 11) is 1.71. The summed E-state index contributed by atoms with van der Waals surface area (Å²) in [5.41, 5.74) is 3.41. The average Bonchev–Trinajstić information content (AvgIpc) is 2.83. The molecule has 0 aliphatic carbocycles. The largest absolute Gasteiger partial charge is 0.496 e. The van der Waals surface area contributed by atoms with E-state index >= 15 is 0 Å². The molecule has 0 spiro atoms. The topological polar surface area (TPSA) is 42.9 Å². The number of aliphatic imine (C=N–C) groups is 1. The van der Waals surface area contributed by atoms with Crippen LogP contribution in [0.5, 0.6) is 11.5 Å². The van der Waals surface area contributed by atoms with Crippen molar-refractivity contribution in [3.05, 3.63) is 87.9 Å². The third kappa shape index (κ3) is 5.83. The van der Waals surface area contributed by atoms with Crippen molar-refractivity contribution < 1.29 is 9.47 Å². The molecular weight excluding hydrogens is 472 g/mol. The monoisotopic (exact) mass is 496 g/mol. The summed E-state index contributed by atoms with van der Waals surface area (Å²) in [5, 5.41) is 3.45. The summed E-state index contributed by atoms with van der Waals surface area (Å²) in [4.78, 5) is 5.85. The summed E-state index contributed by atoms with van der Waals surface area (Å²) in [5.74, 6) is 3.49.